The second-order valence-electron chi connectivity index (χ2n) is 3.60. The van der Waals surface area contributed by atoms with Crippen molar-refractivity contribution in [1.82, 2.24) is 9.78 Å². The van der Waals surface area contributed by atoms with Gasteiger partial charge in [0.2, 0.25) is 5.91 Å². The number of amides is 1. The number of rotatable bonds is 3. The number of nitrogens with zero attached hydrogens (tertiary/aromatic N) is 3. The first-order valence-electron chi connectivity index (χ1n) is 4.75. The molecule has 1 atom stereocenters. The predicted molar refractivity (Wildman–Crippen MR) is 59.5 cm³/mol. The Hall–Kier alpha value is -1.37. The van der Waals surface area contributed by atoms with Gasteiger partial charge in [-0.3, -0.25) is 14.3 Å². The number of halogens is 1. The Morgan fingerprint density at radius 3 is 3.00 bits per heavy atom. The van der Waals surface area contributed by atoms with Crippen molar-refractivity contribution in [3.05, 3.63) is 12.4 Å². The average molecular weight is 288 g/mol. The summed E-state index contributed by atoms with van der Waals surface area (Å²) in [6, 6.07) is 0. The molecule has 0 spiro atoms. The summed E-state index contributed by atoms with van der Waals surface area (Å²) >= 11 is 3.38. The maximum absolute atomic E-state index is 11.6. The molecule has 0 bridgehead atoms. The van der Waals surface area contributed by atoms with Gasteiger partial charge in [-0.1, -0.05) is 15.9 Å². The van der Waals surface area contributed by atoms with E-state index in [9.17, 15) is 9.59 Å². The molecule has 0 saturated carbocycles. The van der Waals surface area contributed by atoms with Crippen molar-refractivity contribution < 1.29 is 14.7 Å². The van der Waals surface area contributed by atoms with E-state index in [0.717, 1.165) is 0 Å². The molecule has 1 N–H and O–H groups in total. The van der Waals surface area contributed by atoms with E-state index in [2.05, 4.69) is 21.0 Å². The number of carbonyl (C=O) groups is 2. The van der Waals surface area contributed by atoms with Gasteiger partial charge in [0.1, 0.15) is 6.54 Å². The summed E-state index contributed by atoms with van der Waals surface area (Å²) in [5.74, 6) is -0.933. The number of carbonyl (C=O) groups excluding carboxylic acids is 1. The third kappa shape index (κ3) is 2.24. The van der Waals surface area contributed by atoms with Gasteiger partial charge in [0.25, 0.3) is 0 Å². The van der Waals surface area contributed by atoms with Gasteiger partial charge in [0.05, 0.1) is 11.9 Å². The fraction of sp³-hybridized carbons (Fsp3) is 0.444. The molecule has 7 heteroatoms. The van der Waals surface area contributed by atoms with Crippen LogP contribution in [-0.4, -0.2) is 38.1 Å². The Morgan fingerprint density at radius 1 is 1.69 bits per heavy atom. The summed E-state index contributed by atoms with van der Waals surface area (Å²) in [4.78, 5) is 23.8. The van der Waals surface area contributed by atoms with E-state index in [1.165, 1.54) is 10.9 Å². The van der Waals surface area contributed by atoms with Gasteiger partial charge in [0, 0.05) is 24.0 Å². The van der Waals surface area contributed by atoms with Crippen molar-refractivity contribution in [2.24, 2.45) is 0 Å². The quantitative estimate of drug-likeness (QED) is 0.820. The molecule has 2 rings (SSSR count). The minimum atomic E-state index is -0.958. The topological polar surface area (TPSA) is 75.4 Å². The molecule has 1 amide bonds. The molecule has 1 aliphatic rings. The second kappa shape index (κ2) is 4.25. The maximum Gasteiger partial charge on any atom is 0.325 e. The molecule has 1 saturated heterocycles. The van der Waals surface area contributed by atoms with E-state index < -0.39 is 5.97 Å². The van der Waals surface area contributed by atoms with E-state index in [-0.39, 0.29) is 17.3 Å². The van der Waals surface area contributed by atoms with Crippen LogP contribution >= 0.6 is 15.9 Å². The highest BCUT2D eigenvalue weighted by atomic mass is 79.9. The van der Waals surface area contributed by atoms with E-state index in [1.807, 2.05) is 0 Å². The van der Waals surface area contributed by atoms with Crippen molar-refractivity contribution in [2.45, 2.75) is 17.8 Å². The molecule has 1 unspecified atom stereocenters. The molecule has 1 aromatic heterocycles. The van der Waals surface area contributed by atoms with Crippen molar-refractivity contribution in [2.75, 3.05) is 11.4 Å². The third-order valence-electron chi connectivity index (χ3n) is 2.31. The third-order valence-corrected chi connectivity index (χ3v) is 2.92. The van der Waals surface area contributed by atoms with E-state index in [1.54, 1.807) is 11.1 Å². The van der Waals surface area contributed by atoms with Crippen molar-refractivity contribution in [1.29, 1.82) is 0 Å². The number of anilines is 1. The molecule has 0 radical (unpaired) electrons. The Bertz CT molecular complexity index is 431. The highest BCUT2D eigenvalue weighted by molar-refractivity contribution is 9.09. The molecule has 86 valence electrons. The first-order valence-corrected chi connectivity index (χ1v) is 5.66. The zero-order valence-corrected chi connectivity index (χ0v) is 9.92. The smallest absolute Gasteiger partial charge is 0.325 e. The Kier molecular flexibility index (Phi) is 2.95. The van der Waals surface area contributed by atoms with Gasteiger partial charge in [-0.05, 0) is 0 Å². The number of hydrogen-bond donors (Lipinski definition) is 1. The number of hydrogen-bond acceptors (Lipinski definition) is 3. The van der Waals surface area contributed by atoms with Crippen LogP contribution in [0, 0.1) is 0 Å². The van der Waals surface area contributed by atoms with Crippen molar-refractivity contribution in [3.8, 4) is 0 Å². The standard InChI is InChI=1S/C9H10BrN3O3/c10-6-1-8(14)13(3-6)7-2-11-12(4-7)5-9(15)16/h2,4,6H,1,3,5H2,(H,15,16). The summed E-state index contributed by atoms with van der Waals surface area (Å²) in [6.45, 7) is 0.400. The SMILES string of the molecule is O=C(O)Cn1cc(N2CC(Br)CC2=O)cn1. The number of carboxylic acids is 1. The van der Waals surface area contributed by atoms with Gasteiger partial charge < -0.3 is 10.0 Å². The molecule has 2 heterocycles. The summed E-state index contributed by atoms with van der Waals surface area (Å²) < 4.78 is 1.30. The largest absolute Gasteiger partial charge is 0.480 e. The Labute approximate surface area is 100.0 Å². The number of aromatic nitrogens is 2. The lowest BCUT2D eigenvalue weighted by Gasteiger charge is -2.12. The summed E-state index contributed by atoms with van der Waals surface area (Å²) in [6.07, 6.45) is 3.53. The van der Waals surface area contributed by atoms with Crippen LogP contribution in [0.2, 0.25) is 0 Å². The predicted octanol–water partition coefficient (Wildman–Crippen LogP) is 0.468. The van der Waals surface area contributed by atoms with Crippen LogP contribution in [0.3, 0.4) is 0 Å². The molecule has 6 nitrogen and oxygen atoms in total. The zero-order valence-electron chi connectivity index (χ0n) is 8.34. The maximum atomic E-state index is 11.6. The highest BCUT2D eigenvalue weighted by Crippen LogP contribution is 2.24. The first kappa shape index (κ1) is 11.1. The summed E-state index contributed by atoms with van der Waals surface area (Å²) in [5, 5.41) is 12.5. The Balaban J connectivity index is 2.13. The van der Waals surface area contributed by atoms with Crippen LogP contribution in [-0.2, 0) is 16.1 Å². The van der Waals surface area contributed by atoms with Gasteiger partial charge >= 0.3 is 5.97 Å². The molecular weight excluding hydrogens is 278 g/mol. The monoisotopic (exact) mass is 287 g/mol. The van der Waals surface area contributed by atoms with E-state index >= 15 is 0 Å². The molecule has 0 aliphatic carbocycles. The van der Waals surface area contributed by atoms with Gasteiger partial charge in [-0.25, -0.2) is 0 Å². The number of carboxylic acid groups (broad SMARTS) is 1. The lowest BCUT2D eigenvalue weighted by molar-refractivity contribution is -0.137. The van der Waals surface area contributed by atoms with E-state index in [4.69, 9.17) is 5.11 Å². The molecule has 16 heavy (non-hydrogen) atoms. The zero-order chi connectivity index (χ0) is 11.7. The lowest BCUT2D eigenvalue weighted by atomic mass is 10.4. The van der Waals surface area contributed by atoms with Crippen LogP contribution < -0.4 is 4.90 Å². The molecule has 1 fully saturated rings. The van der Waals surface area contributed by atoms with E-state index in [0.29, 0.717) is 18.7 Å². The Morgan fingerprint density at radius 2 is 2.44 bits per heavy atom. The van der Waals surface area contributed by atoms with Gasteiger partial charge in [-0.15, -0.1) is 0 Å². The number of alkyl halides is 1. The molecule has 0 aromatic carbocycles. The highest BCUT2D eigenvalue weighted by Gasteiger charge is 2.29. The van der Waals surface area contributed by atoms with Gasteiger partial charge in [0.15, 0.2) is 0 Å². The summed E-state index contributed by atoms with van der Waals surface area (Å²) in [7, 11) is 0. The van der Waals surface area contributed by atoms with Crippen LogP contribution in [0.25, 0.3) is 0 Å². The van der Waals surface area contributed by atoms with Crippen LogP contribution in [0.15, 0.2) is 12.4 Å². The van der Waals surface area contributed by atoms with Crippen LogP contribution in [0.1, 0.15) is 6.42 Å². The molecule has 1 aliphatic heterocycles. The minimum Gasteiger partial charge on any atom is -0.480 e. The average Bonchev–Trinajstić information content (AvgIpc) is 2.72. The second-order valence-corrected chi connectivity index (χ2v) is 4.89. The summed E-state index contributed by atoms with van der Waals surface area (Å²) in [5.41, 5.74) is 0.646. The lowest BCUT2D eigenvalue weighted by Crippen LogP contribution is -2.24. The normalized spacial score (nSPS) is 20.4. The fourth-order valence-corrected chi connectivity index (χ4v) is 2.20. The van der Waals surface area contributed by atoms with Crippen LogP contribution in [0.4, 0.5) is 5.69 Å². The number of aliphatic carboxylic acids is 1. The fourth-order valence-electron chi connectivity index (χ4n) is 1.63. The molecule has 1 aromatic rings. The van der Waals surface area contributed by atoms with Crippen molar-refractivity contribution in [3.63, 3.8) is 0 Å². The minimum absolute atomic E-state index is 0.0248. The van der Waals surface area contributed by atoms with Crippen LogP contribution in [0.5, 0.6) is 0 Å². The molecular formula is C9H10BrN3O3. The first-order chi connectivity index (χ1) is 7.56. The van der Waals surface area contributed by atoms with Gasteiger partial charge in [-0.2, -0.15) is 5.10 Å². The van der Waals surface area contributed by atoms with Crippen molar-refractivity contribution >= 4 is 33.5 Å².